The highest BCUT2D eigenvalue weighted by molar-refractivity contribution is 7.09. The van der Waals surface area contributed by atoms with Gasteiger partial charge in [0.05, 0.1) is 17.2 Å². The van der Waals surface area contributed by atoms with Crippen LogP contribution in [0.4, 0.5) is 0 Å². The fraction of sp³-hybridized carbons (Fsp3) is 0.500. The van der Waals surface area contributed by atoms with E-state index in [4.69, 9.17) is 4.98 Å². The average molecular weight is 400 g/mol. The van der Waals surface area contributed by atoms with Crippen molar-refractivity contribution in [3.8, 4) is 0 Å². The summed E-state index contributed by atoms with van der Waals surface area (Å²) < 4.78 is 0. The molecule has 1 aromatic heterocycles. The molecule has 0 unspecified atom stereocenters. The molecule has 1 aliphatic rings. The molecule has 3 rings (SSSR count). The van der Waals surface area contributed by atoms with E-state index >= 15 is 0 Å². The van der Waals surface area contributed by atoms with E-state index in [0.717, 1.165) is 42.1 Å². The van der Waals surface area contributed by atoms with E-state index < -0.39 is 0 Å². The monoisotopic (exact) mass is 399 g/mol. The van der Waals surface area contributed by atoms with Crippen molar-refractivity contribution in [2.45, 2.75) is 52.5 Å². The van der Waals surface area contributed by atoms with Crippen LogP contribution in [-0.4, -0.2) is 34.8 Å². The van der Waals surface area contributed by atoms with Crippen LogP contribution in [0.3, 0.4) is 0 Å². The molecule has 1 fully saturated rings. The first-order valence-corrected chi connectivity index (χ1v) is 11.0. The molecule has 1 aromatic carbocycles. The zero-order valence-corrected chi connectivity index (χ0v) is 17.7. The molecular weight excluding hydrogens is 370 g/mol. The summed E-state index contributed by atoms with van der Waals surface area (Å²) in [5.41, 5.74) is 2.90. The van der Waals surface area contributed by atoms with Gasteiger partial charge in [-0.2, -0.15) is 0 Å². The number of rotatable bonds is 6. The molecule has 6 heteroatoms. The molecular formula is C22H29N3O2S. The number of likely N-dealkylation sites (tertiary alicyclic amines) is 1. The SMILES string of the molecule is CCc1ccc(C(=O)N2CCC[C@@H](c3nc(CNC(=O)C(C)C)cs3)C2)cc1. The van der Waals surface area contributed by atoms with Gasteiger partial charge in [-0.15, -0.1) is 11.3 Å². The van der Waals surface area contributed by atoms with Crippen LogP contribution in [0.2, 0.25) is 0 Å². The summed E-state index contributed by atoms with van der Waals surface area (Å²) >= 11 is 1.63. The van der Waals surface area contributed by atoms with Gasteiger partial charge in [-0.1, -0.05) is 32.9 Å². The molecule has 0 saturated carbocycles. The number of benzene rings is 1. The third-order valence-electron chi connectivity index (χ3n) is 5.20. The fourth-order valence-electron chi connectivity index (χ4n) is 3.40. The third kappa shape index (κ3) is 4.98. The van der Waals surface area contributed by atoms with Gasteiger partial charge in [0.15, 0.2) is 0 Å². The van der Waals surface area contributed by atoms with Crippen LogP contribution in [0.25, 0.3) is 0 Å². The molecule has 150 valence electrons. The Morgan fingerprint density at radius 1 is 1.29 bits per heavy atom. The lowest BCUT2D eigenvalue weighted by Crippen LogP contribution is -2.39. The van der Waals surface area contributed by atoms with E-state index in [9.17, 15) is 9.59 Å². The first-order valence-electron chi connectivity index (χ1n) is 10.1. The van der Waals surface area contributed by atoms with Crippen LogP contribution in [-0.2, 0) is 17.8 Å². The summed E-state index contributed by atoms with van der Waals surface area (Å²) in [5.74, 6) is 0.390. The van der Waals surface area contributed by atoms with E-state index in [0.29, 0.717) is 13.1 Å². The fourth-order valence-corrected chi connectivity index (χ4v) is 4.35. The number of piperidine rings is 1. The van der Waals surface area contributed by atoms with Crippen molar-refractivity contribution in [1.82, 2.24) is 15.2 Å². The van der Waals surface area contributed by atoms with Crippen molar-refractivity contribution in [2.24, 2.45) is 5.92 Å². The molecule has 5 nitrogen and oxygen atoms in total. The van der Waals surface area contributed by atoms with Crippen LogP contribution in [0.1, 0.15) is 66.2 Å². The summed E-state index contributed by atoms with van der Waals surface area (Å²) in [7, 11) is 0. The largest absolute Gasteiger partial charge is 0.350 e. The van der Waals surface area contributed by atoms with Gasteiger partial charge >= 0.3 is 0 Å². The Morgan fingerprint density at radius 2 is 2.04 bits per heavy atom. The smallest absolute Gasteiger partial charge is 0.253 e. The van der Waals surface area contributed by atoms with Crippen LogP contribution in [0.15, 0.2) is 29.6 Å². The lowest BCUT2D eigenvalue weighted by Gasteiger charge is -2.32. The first-order chi connectivity index (χ1) is 13.5. The van der Waals surface area contributed by atoms with Crippen LogP contribution in [0, 0.1) is 5.92 Å². The Kier molecular flexibility index (Phi) is 6.83. The van der Waals surface area contributed by atoms with E-state index in [1.54, 1.807) is 11.3 Å². The van der Waals surface area contributed by atoms with Gasteiger partial charge in [0.25, 0.3) is 5.91 Å². The van der Waals surface area contributed by atoms with E-state index in [1.165, 1.54) is 5.56 Å². The topological polar surface area (TPSA) is 62.3 Å². The van der Waals surface area contributed by atoms with Crippen molar-refractivity contribution < 1.29 is 9.59 Å². The van der Waals surface area contributed by atoms with Gasteiger partial charge in [-0.05, 0) is 37.0 Å². The second kappa shape index (κ2) is 9.32. The number of aromatic nitrogens is 1. The molecule has 0 bridgehead atoms. The predicted molar refractivity (Wildman–Crippen MR) is 112 cm³/mol. The van der Waals surface area contributed by atoms with Crippen molar-refractivity contribution in [2.75, 3.05) is 13.1 Å². The molecule has 1 atom stereocenters. The molecule has 2 heterocycles. The summed E-state index contributed by atoms with van der Waals surface area (Å²) in [6.07, 6.45) is 3.01. The normalized spacial score (nSPS) is 17.0. The number of aryl methyl sites for hydroxylation is 1. The number of amides is 2. The molecule has 0 spiro atoms. The Hall–Kier alpha value is -2.21. The predicted octanol–water partition coefficient (Wildman–Crippen LogP) is 4.00. The molecule has 1 aliphatic heterocycles. The van der Waals surface area contributed by atoms with Gasteiger partial charge in [0, 0.05) is 35.9 Å². The van der Waals surface area contributed by atoms with Gasteiger partial charge in [-0.25, -0.2) is 4.98 Å². The molecule has 0 radical (unpaired) electrons. The van der Waals surface area contributed by atoms with Crippen LogP contribution < -0.4 is 5.32 Å². The van der Waals surface area contributed by atoms with Gasteiger partial charge < -0.3 is 10.2 Å². The molecule has 2 amide bonds. The zero-order valence-electron chi connectivity index (χ0n) is 16.9. The number of nitrogens with one attached hydrogen (secondary N) is 1. The Labute approximate surface area is 171 Å². The third-order valence-corrected chi connectivity index (χ3v) is 6.26. The Morgan fingerprint density at radius 3 is 2.71 bits per heavy atom. The number of carbonyl (C=O) groups is 2. The number of carbonyl (C=O) groups excluding carboxylic acids is 2. The van der Waals surface area contributed by atoms with Gasteiger partial charge in [-0.3, -0.25) is 9.59 Å². The second-order valence-corrected chi connectivity index (χ2v) is 8.58. The molecule has 28 heavy (non-hydrogen) atoms. The van der Waals surface area contributed by atoms with Crippen molar-refractivity contribution in [3.05, 3.63) is 51.5 Å². The lowest BCUT2D eigenvalue weighted by molar-refractivity contribution is -0.124. The minimum atomic E-state index is -0.0255. The van der Waals surface area contributed by atoms with Crippen molar-refractivity contribution in [3.63, 3.8) is 0 Å². The first kappa shape index (κ1) is 20.5. The Balaban J connectivity index is 1.61. The number of hydrogen-bond acceptors (Lipinski definition) is 4. The lowest BCUT2D eigenvalue weighted by atomic mass is 9.97. The van der Waals surface area contributed by atoms with Crippen LogP contribution >= 0.6 is 11.3 Å². The highest BCUT2D eigenvalue weighted by atomic mass is 32.1. The summed E-state index contributed by atoms with van der Waals surface area (Å²) in [5, 5.41) is 5.99. The minimum Gasteiger partial charge on any atom is -0.350 e. The quantitative estimate of drug-likeness (QED) is 0.799. The highest BCUT2D eigenvalue weighted by Crippen LogP contribution is 2.30. The van der Waals surface area contributed by atoms with E-state index in [2.05, 4.69) is 12.2 Å². The molecule has 2 aromatic rings. The summed E-state index contributed by atoms with van der Waals surface area (Å²) in [6, 6.07) is 7.94. The number of thiazole rings is 1. The number of nitrogens with zero attached hydrogens (tertiary/aromatic N) is 2. The molecule has 1 N–H and O–H groups in total. The number of hydrogen-bond donors (Lipinski definition) is 1. The summed E-state index contributed by atoms with van der Waals surface area (Å²) in [4.78, 5) is 31.3. The van der Waals surface area contributed by atoms with E-state index in [1.807, 2.05) is 48.4 Å². The molecule has 1 saturated heterocycles. The average Bonchev–Trinajstić information content (AvgIpc) is 3.20. The summed E-state index contributed by atoms with van der Waals surface area (Å²) in [6.45, 7) is 7.85. The molecule has 0 aliphatic carbocycles. The maximum absolute atomic E-state index is 12.9. The van der Waals surface area contributed by atoms with Crippen molar-refractivity contribution >= 4 is 23.2 Å². The standard InChI is InChI=1S/C22H29N3O2S/c1-4-16-7-9-17(10-8-16)22(27)25-11-5-6-18(13-25)21-24-19(14-28-21)12-23-20(26)15(2)3/h7-10,14-15,18H,4-6,11-13H2,1-3H3,(H,23,26)/t18-/m1/s1. The minimum absolute atomic E-state index is 0.0255. The zero-order chi connectivity index (χ0) is 20.1. The maximum atomic E-state index is 12.9. The van der Waals surface area contributed by atoms with Gasteiger partial charge in [0.1, 0.15) is 0 Å². The second-order valence-electron chi connectivity index (χ2n) is 7.69. The van der Waals surface area contributed by atoms with Gasteiger partial charge in [0.2, 0.25) is 5.91 Å². The van der Waals surface area contributed by atoms with E-state index in [-0.39, 0.29) is 23.7 Å². The Bertz CT molecular complexity index is 813. The van der Waals surface area contributed by atoms with Crippen molar-refractivity contribution in [1.29, 1.82) is 0 Å². The van der Waals surface area contributed by atoms with Crippen LogP contribution in [0.5, 0.6) is 0 Å². The maximum Gasteiger partial charge on any atom is 0.253 e. The highest BCUT2D eigenvalue weighted by Gasteiger charge is 2.27.